The number of carbonyl (C=O) groups excluding carboxylic acids is 4. The summed E-state index contributed by atoms with van der Waals surface area (Å²) in [5.74, 6) is -1.55. The Hall–Kier alpha value is -6.48. The van der Waals surface area contributed by atoms with Gasteiger partial charge < -0.3 is 28.7 Å². The maximum absolute atomic E-state index is 11.4. The molecule has 6 rings (SSSR count). The molecule has 292 valence electrons. The molecule has 2 aliphatic rings. The second-order valence-corrected chi connectivity index (χ2v) is 11.1. The molecule has 0 aromatic carbocycles. The standard InChI is InChI=1S/2C11H16N4O2.2C5H7N3O2/c1-3-17-11(16)10-12-8-15(13-10)9-4-6-14(2)7-5-9;1-3-17-11(16)10-8-15(13-12-10)9-4-6-14(2)7-5-9;1-2-10-5(9)4-6-3-7-8-4;1-2-10-5(9)4-3-6-8-7-4/h2*4,6,8-9H,3,5,7H2,1-2H3;2*3H,2H2,1H3,(H,6,7,8). The summed E-state index contributed by atoms with van der Waals surface area (Å²) in [6.45, 7) is 10.3. The van der Waals surface area contributed by atoms with Crippen LogP contribution in [0.4, 0.5) is 0 Å². The van der Waals surface area contributed by atoms with E-state index in [1.165, 1.54) is 12.5 Å². The Balaban J connectivity index is 0.000000200. The highest BCUT2D eigenvalue weighted by Gasteiger charge is 2.19. The second kappa shape index (κ2) is 22.5. The summed E-state index contributed by atoms with van der Waals surface area (Å²) in [6, 6.07) is 0.337. The van der Waals surface area contributed by atoms with Crippen LogP contribution in [0, 0.1) is 0 Å². The Bertz CT molecular complexity index is 1640. The number of hydrogen-bond acceptors (Lipinski definition) is 18. The van der Waals surface area contributed by atoms with Gasteiger partial charge in [-0.25, -0.2) is 38.5 Å². The molecule has 0 saturated carbocycles. The second-order valence-electron chi connectivity index (χ2n) is 11.1. The zero-order valence-corrected chi connectivity index (χ0v) is 31.1. The van der Waals surface area contributed by atoms with E-state index in [4.69, 9.17) is 9.47 Å². The predicted octanol–water partition coefficient (Wildman–Crippen LogP) is 1.65. The molecule has 6 heterocycles. The summed E-state index contributed by atoms with van der Waals surface area (Å²) in [4.78, 5) is 56.1. The van der Waals surface area contributed by atoms with Crippen LogP contribution in [0.15, 0.2) is 49.6 Å². The van der Waals surface area contributed by atoms with Crippen LogP contribution in [-0.4, -0.2) is 148 Å². The lowest BCUT2D eigenvalue weighted by atomic mass is 10.1. The molecule has 22 nitrogen and oxygen atoms in total. The minimum Gasteiger partial charge on any atom is -0.461 e. The van der Waals surface area contributed by atoms with Gasteiger partial charge in [-0.05, 0) is 65.1 Å². The molecule has 0 radical (unpaired) electrons. The van der Waals surface area contributed by atoms with Crippen molar-refractivity contribution in [1.82, 2.24) is 70.2 Å². The van der Waals surface area contributed by atoms with E-state index in [-0.39, 0.29) is 35.1 Å². The topological polar surface area (TPSA) is 256 Å². The molecule has 4 aromatic heterocycles. The summed E-state index contributed by atoms with van der Waals surface area (Å²) in [5.41, 5.74) is 0.473. The number of rotatable bonds is 10. The lowest BCUT2D eigenvalue weighted by molar-refractivity contribution is 0.0502. The highest BCUT2D eigenvalue weighted by molar-refractivity contribution is 5.87. The third-order valence-electron chi connectivity index (χ3n) is 7.10. The number of aromatic amines is 2. The molecule has 2 aliphatic heterocycles. The van der Waals surface area contributed by atoms with Gasteiger partial charge in [-0.15, -0.1) is 15.3 Å². The van der Waals surface area contributed by atoms with Crippen molar-refractivity contribution >= 4 is 23.9 Å². The van der Waals surface area contributed by atoms with E-state index in [9.17, 15) is 19.2 Å². The molecular formula is C32H46N14O8. The van der Waals surface area contributed by atoms with Crippen molar-refractivity contribution in [2.45, 2.75) is 52.6 Å². The summed E-state index contributed by atoms with van der Waals surface area (Å²) < 4.78 is 22.4. The Morgan fingerprint density at radius 1 is 0.741 bits per heavy atom. The fourth-order valence-corrected chi connectivity index (χ4v) is 4.42. The molecule has 0 fully saturated rings. The molecule has 0 spiro atoms. The molecule has 4 aromatic rings. The maximum atomic E-state index is 11.4. The Kier molecular flexibility index (Phi) is 17.4. The zero-order valence-electron chi connectivity index (χ0n) is 31.1. The number of hydrogen-bond donors (Lipinski definition) is 2. The first kappa shape index (κ1) is 41.9. The van der Waals surface area contributed by atoms with Gasteiger partial charge in [0.05, 0.1) is 50.9 Å². The quantitative estimate of drug-likeness (QED) is 0.172. The first-order valence-electron chi connectivity index (χ1n) is 17.1. The smallest absolute Gasteiger partial charge is 0.378 e. The molecule has 2 unspecified atom stereocenters. The van der Waals surface area contributed by atoms with Gasteiger partial charge in [-0.1, -0.05) is 5.21 Å². The minimum atomic E-state index is -0.472. The maximum Gasteiger partial charge on any atom is 0.378 e. The van der Waals surface area contributed by atoms with E-state index < -0.39 is 23.9 Å². The Morgan fingerprint density at radius 2 is 1.31 bits per heavy atom. The van der Waals surface area contributed by atoms with Crippen LogP contribution >= 0.6 is 0 Å². The lowest BCUT2D eigenvalue weighted by Crippen LogP contribution is -2.22. The van der Waals surface area contributed by atoms with Gasteiger partial charge in [0.25, 0.3) is 5.82 Å². The molecule has 0 amide bonds. The number of H-pyrrole nitrogens is 2. The van der Waals surface area contributed by atoms with Crippen LogP contribution < -0.4 is 0 Å². The summed E-state index contributed by atoms with van der Waals surface area (Å²) >= 11 is 0. The van der Waals surface area contributed by atoms with Gasteiger partial charge >= 0.3 is 23.9 Å². The third-order valence-corrected chi connectivity index (χ3v) is 7.10. The van der Waals surface area contributed by atoms with E-state index in [1.54, 1.807) is 49.6 Å². The lowest BCUT2D eigenvalue weighted by Gasteiger charge is -2.23. The van der Waals surface area contributed by atoms with Crippen LogP contribution in [0.5, 0.6) is 0 Å². The van der Waals surface area contributed by atoms with Crippen molar-refractivity contribution in [3.8, 4) is 0 Å². The summed E-state index contributed by atoms with van der Waals surface area (Å²) in [6.07, 6.45) is 15.8. The molecule has 0 aliphatic carbocycles. The van der Waals surface area contributed by atoms with E-state index >= 15 is 0 Å². The summed E-state index contributed by atoms with van der Waals surface area (Å²) in [5, 5.41) is 27.1. The fourth-order valence-electron chi connectivity index (χ4n) is 4.42. The number of ether oxygens (including phenoxy) is 4. The van der Waals surface area contributed by atoms with Crippen molar-refractivity contribution in [3.05, 3.63) is 72.6 Å². The van der Waals surface area contributed by atoms with Crippen molar-refractivity contribution < 1.29 is 38.1 Å². The Labute approximate surface area is 310 Å². The van der Waals surface area contributed by atoms with Crippen LogP contribution in [0.2, 0.25) is 0 Å². The monoisotopic (exact) mass is 754 g/mol. The number of nitrogens with zero attached hydrogens (tertiary/aromatic N) is 12. The molecule has 0 bridgehead atoms. The number of carbonyl (C=O) groups is 4. The van der Waals surface area contributed by atoms with Crippen LogP contribution in [0.25, 0.3) is 0 Å². The van der Waals surface area contributed by atoms with Crippen molar-refractivity contribution in [2.24, 2.45) is 0 Å². The van der Waals surface area contributed by atoms with Crippen molar-refractivity contribution in [1.29, 1.82) is 0 Å². The predicted molar refractivity (Wildman–Crippen MR) is 187 cm³/mol. The molecule has 2 atom stereocenters. The number of nitrogens with one attached hydrogen (secondary N) is 2. The van der Waals surface area contributed by atoms with Crippen LogP contribution in [0.3, 0.4) is 0 Å². The number of esters is 4. The average Bonchev–Trinajstić information content (AvgIpc) is 4.02. The molecule has 54 heavy (non-hydrogen) atoms. The van der Waals surface area contributed by atoms with Gasteiger partial charge in [0.2, 0.25) is 5.82 Å². The Morgan fingerprint density at radius 3 is 1.83 bits per heavy atom. The molecule has 2 N–H and O–H groups in total. The van der Waals surface area contributed by atoms with E-state index in [0.717, 1.165) is 25.9 Å². The largest absolute Gasteiger partial charge is 0.461 e. The van der Waals surface area contributed by atoms with Gasteiger partial charge in [-0.2, -0.15) is 15.4 Å². The van der Waals surface area contributed by atoms with Crippen molar-refractivity contribution in [2.75, 3.05) is 53.6 Å². The molecule has 0 saturated heterocycles. The highest BCUT2D eigenvalue weighted by Crippen LogP contribution is 2.18. The first-order valence-corrected chi connectivity index (χ1v) is 17.1. The zero-order chi connectivity index (χ0) is 39.3. The van der Waals surface area contributed by atoms with E-state index in [0.29, 0.717) is 26.4 Å². The van der Waals surface area contributed by atoms with Gasteiger partial charge in [0.1, 0.15) is 12.7 Å². The summed E-state index contributed by atoms with van der Waals surface area (Å²) in [7, 11) is 4.05. The van der Waals surface area contributed by atoms with Crippen LogP contribution in [0.1, 0.15) is 94.8 Å². The SMILES string of the molecule is CCOC(=O)c1cn(C2C=CN(C)CC2)nn1.CCOC(=O)c1cn[nH]n1.CCOC(=O)c1ncn(C2C=CN(C)CC2)n1.CCOC(=O)c1ncn[nH]1. The normalized spacial score (nSPS) is 15.7. The molecule has 22 heteroatoms. The van der Waals surface area contributed by atoms with Crippen molar-refractivity contribution in [3.63, 3.8) is 0 Å². The van der Waals surface area contributed by atoms with E-state index in [2.05, 4.69) is 70.3 Å². The van der Waals surface area contributed by atoms with Gasteiger partial charge in [-0.3, -0.25) is 5.10 Å². The number of aromatic nitrogens is 12. The first-order chi connectivity index (χ1) is 26.1. The third kappa shape index (κ3) is 13.6. The van der Waals surface area contributed by atoms with Gasteiger partial charge in [0.15, 0.2) is 11.4 Å². The number of allylic oxidation sites excluding steroid dienone is 2. The fraction of sp³-hybridized carbons (Fsp3) is 0.500. The van der Waals surface area contributed by atoms with Gasteiger partial charge in [0, 0.05) is 27.2 Å². The minimum absolute atomic E-state index is 0.124. The average molecular weight is 755 g/mol. The highest BCUT2D eigenvalue weighted by atomic mass is 16.5. The van der Waals surface area contributed by atoms with Crippen LogP contribution in [-0.2, 0) is 18.9 Å². The van der Waals surface area contributed by atoms with E-state index in [1.807, 2.05) is 38.6 Å². The molecular weight excluding hydrogens is 708 g/mol.